The topological polar surface area (TPSA) is 71.3 Å². The second-order valence-electron chi connectivity index (χ2n) is 5.58. The lowest BCUT2D eigenvalue weighted by Crippen LogP contribution is -2.22. The van der Waals surface area contributed by atoms with E-state index in [4.69, 9.17) is 4.42 Å². The van der Waals surface area contributed by atoms with Crippen LogP contribution < -0.4 is 10.6 Å². The van der Waals surface area contributed by atoms with Gasteiger partial charge in [-0.3, -0.25) is 9.59 Å². The molecule has 0 aliphatic carbocycles. The Morgan fingerprint density at radius 1 is 0.923 bits per heavy atom. The predicted octanol–water partition coefficient (Wildman–Crippen LogP) is 3.86. The van der Waals surface area contributed by atoms with Gasteiger partial charge in [-0.1, -0.05) is 30.3 Å². The second kappa shape index (κ2) is 8.48. The average molecular weight is 346 g/mol. The van der Waals surface area contributed by atoms with Gasteiger partial charge in [0.15, 0.2) is 0 Å². The van der Waals surface area contributed by atoms with Crippen molar-refractivity contribution in [2.45, 2.75) is 6.54 Å². The van der Waals surface area contributed by atoms with Crippen molar-refractivity contribution in [3.05, 3.63) is 96.0 Å². The van der Waals surface area contributed by atoms with E-state index in [1.165, 1.54) is 6.08 Å². The van der Waals surface area contributed by atoms with Gasteiger partial charge in [-0.05, 0) is 48.0 Å². The maximum Gasteiger partial charge on any atom is 0.251 e. The molecule has 1 aromatic heterocycles. The predicted molar refractivity (Wildman–Crippen MR) is 100 cm³/mol. The molecule has 0 saturated carbocycles. The molecule has 0 unspecified atom stereocenters. The van der Waals surface area contributed by atoms with Crippen LogP contribution in [0.2, 0.25) is 0 Å². The molecular weight excluding hydrogens is 328 g/mol. The largest absolute Gasteiger partial charge is 0.465 e. The molecule has 0 radical (unpaired) electrons. The second-order valence-corrected chi connectivity index (χ2v) is 5.58. The summed E-state index contributed by atoms with van der Waals surface area (Å²) in [6.07, 6.45) is 4.51. The van der Waals surface area contributed by atoms with Crippen molar-refractivity contribution in [1.82, 2.24) is 5.32 Å². The van der Waals surface area contributed by atoms with E-state index in [0.29, 0.717) is 23.6 Å². The summed E-state index contributed by atoms with van der Waals surface area (Å²) in [4.78, 5) is 24.0. The van der Waals surface area contributed by atoms with Gasteiger partial charge < -0.3 is 15.1 Å². The van der Waals surface area contributed by atoms with Crippen LogP contribution in [0.1, 0.15) is 21.7 Å². The molecule has 2 N–H and O–H groups in total. The number of carbonyl (C=O) groups excluding carboxylic acids is 2. The molecule has 3 aromatic rings. The molecule has 0 aliphatic rings. The lowest BCUT2D eigenvalue weighted by atomic mass is 10.1. The van der Waals surface area contributed by atoms with Gasteiger partial charge in [0.25, 0.3) is 5.91 Å². The molecule has 0 fully saturated rings. The van der Waals surface area contributed by atoms with Crippen molar-refractivity contribution >= 4 is 23.6 Å². The number of furan rings is 1. The van der Waals surface area contributed by atoms with Crippen LogP contribution in [0.25, 0.3) is 6.08 Å². The van der Waals surface area contributed by atoms with Crippen molar-refractivity contribution in [3.8, 4) is 0 Å². The number of benzene rings is 2. The summed E-state index contributed by atoms with van der Waals surface area (Å²) < 4.78 is 5.12. The van der Waals surface area contributed by atoms with Gasteiger partial charge in [-0.2, -0.15) is 0 Å². The van der Waals surface area contributed by atoms with E-state index in [1.807, 2.05) is 30.3 Å². The van der Waals surface area contributed by atoms with Gasteiger partial charge in [-0.15, -0.1) is 0 Å². The molecule has 5 heteroatoms. The number of nitrogens with one attached hydrogen (secondary N) is 2. The Hall–Kier alpha value is -3.60. The summed E-state index contributed by atoms with van der Waals surface area (Å²) in [5.74, 6) is 0.165. The number of rotatable bonds is 6. The first-order chi connectivity index (χ1) is 12.7. The Morgan fingerprint density at radius 2 is 1.69 bits per heavy atom. The van der Waals surface area contributed by atoms with E-state index < -0.39 is 0 Å². The summed E-state index contributed by atoms with van der Waals surface area (Å²) in [6, 6.07) is 19.9. The standard InChI is InChI=1S/C21H18N2O3/c24-20(13-12-19-7-4-14-26-19)23-18-10-8-17(9-11-18)21(25)22-15-16-5-2-1-3-6-16/h1-14H,15H2,(H,22,25)(H,23,24). The zero-order chi connectivity index (χ0) is 18.2. The van der Waals surface area contributed by atoms with E-state index in [0.717, 1.165) is 5.56 Å². The number of amides is 2. The molecule has 3 rings (SSSR count). The first-order valence-electron chi connectivity index (χ1n) is 8.15. The molecule has 2 amide bonds. The van der Waals surface area contributed by atoms with Gasteiger partial charge in [0.05, 0.1) is 6.26 Å². The molecule has 0 bridgehead atoms. The summed E-state index contributed by atoms with van der Waals surface area (Å²) in [6.45, 7) is 0.468. The number of hydrogen-bond acceptors (Lipinski definition) is 3. The van der Waals surface area contributed by atoms with Gasteiger partial charge >= 0.3 is 0 Å². The molecule has 5 nitrogen and oxygen atoms in total. The van der Waals surface area contributed by atoms with Crippen molar-refractivity contribution < 1.29 is 14.0 Å². The smallest absolute Gasteiger partial charge is 0.251 e. The number of hydrogen-bond donors (Lipinski definition) is 2. The SMILES string of the molecule is O=C(C=Cc1ccco1)Nc1ccc(C(=O)NCc2ccccc2)cc1. The highest BCUT2D eigenvalue weighted by Crippen LogP contribution is 2.10. The van der Waals surface area contributed by atoms with Crippen molar-refractivity contribution in [1.29, 1.82) is 0 Å². The summed E-state index contributed by atoms with van der Waals surface area (Å²) in [5.41, 5.74) is 2.18. The lowest BCUT2D eigenvalue weighted by Gasteiger charge is -2.07. The normalized spacial score (nSPS) is 10.6. The van der Waals surface area contributed by atoms with E-state index in [1.54, 1.807) is 48.7 Å². The molecule has 130 valence electrons. The maximum atomic E-state index is 12.2. The summed E-state index contributed by atoms with van der Waals surface area (Å²) in [5, 5.41) is 5.59. The fraction of sp³-hybridized carbons (Fsp3) is 0.0476. The van der Waals surface area contributed by atoms with Crippen LogP contribution in [0.15, 0.2) is 83.5 Å². The number of carbonyl (C=O) groups is 2. The van der Waals surface area contributed by atoms with Crippen LogP contribution in [-0.4, -0.2) is 11.8 Å². The van der Waals surface area contributed by atoms with Crippen molar-refractivity contribution in [3.63, 3.8) is 0 Å². The minimum atomic E-state index is -0.275. The van der Waals surface area contributed by atoms with Gasteiger partial charge in [0.2, 0.25) is 5.91 Å². The Kier molecular flexibility index (Phi) is 5.62. The molecule has 26 heavy (non-hydrogen) atoms. The minimum Gasteiger partial charge on any atom is -0.465 e. The fourth-order valence-electron chi connectivity index (χ4n) is 2.31. The first kappa shape index (κ1) is 17.2. The third-order valence-electron chi connectivity index (χ3n) is 3.65. The van der Waals surface area contributed by atoms with E-state index in [9.17, 15) is 9.59 Å². The summed E-state index contributed by atoms with van der Waals surface area (Å²) >= 11 is 0. The van der Waals surface area contributed by atoms with Crippen LogP contribution in [0.4, 0.5) is 5.69 Å². The lowest BCUT2D eigenvalue weighted by molar-refractivity contribution is -0.111. The Labute approximate surface area is 151 Å². The summed E-state index contributed by atoms with van der Waals surface area (Å²) in [7, 11) is 0. The molecular formula is C21H18N2O3. The van der Waals surface area contributed by atoms with Crippen molar-refractivity contribution in [2.75, 3.05) is 5.32 Å². The fourth-order valence-corrected chi connectivity index (χ4v) is 2.31. The zero-order valence-corrected chi connectivity index (χ0v) is 14.0. The van der Waals surface area contributed by atoms with Gasteiger partial charge in [0.1, 0.15) is 5.76 Å². The van der Waals surface area contributed by atoms with E-state index >= 15 is 0 Å². The Bertz CT molecular complexity index is 883. The Balaban J connectivity index is 1.52. The quantitative estimate of drug-likeness (QED) is 0.666. The monoisotopic (exact) mass is 346 g/mol. The molecule has 0 atom stereocenters. The highest BCUT2D eigenvalue weighted by atomic mass is 16.3. The van der Waals surface area contributed by atoms with E-state index in [2.05, 4.69) is 10.6 Å². The molecule has 2 aromatic carbocycles. The minimum absolute atomic E-state index is 0.163. The molecule has 0 saturated heterocycles. The van der Waals surface area contributed by atoms with Crippen molar-refractivity contribution in [2.24, 2.45) is 0 Å². The third-order valence-corrected chi connectivity index (χ3v) is 3.65. The Morgan fingerprint density at radius 3 is 2.38 bits per heavy atom. The molecule has 0 aliphatic heterocycles. The number of anilines is 1. The maximum absolute atomic E-state index is 12.2. The zero-order valence-electron chi connectivity index (χ0n) is 14.0. The highest BCUT2D eigenvalue weighted by molar-refractivity contribution is 6.02. The van der Waals surface area contributed by atoms with Crippen LogP contribution in [0, 0.1) is 0 Å². The van der Waals surface area contributed by atoms with Crippen LogP contribution in [0.3, 0.4) is 0 Å². The van der Waals surface area contributed by atoms with Crippen LogP contribution >= 0.6 is 0 Å². The molecule has 1 heterocycles. The van der Waals surface area contributed by atoms with Crippen LogP contribution in [0.5, 0.6) is 0 Å². The van der Waals surface area contributed by atoms with Crippen LogP contribution in [-0.2, 0) is 11.3 Å². The van der Waals surface area contributed by atoms with E-state index in [-0.39, 0.29) is 11.8 Å². The van der Waals surface area contributed by atoms with Gasteiger partial charge in [0, 0.05) is 23.9 Å². The highest BCUT2D eigenvalue weighted by Gasteiger charge is 2.06. The average Bonchev–Trinajstić information content (AvgIpc) is 3.19. The first-order valence-corrected chi connectivity index (χ1v) is 8.15. The van der Waals surface area contributed by atoms with Gasteiger partial charge in [-0.25, -0.2) is 0 Å². The molecule has 0 spiro atoms. The third kappa shape index (κ3) is 4.95.